The molecule has 0 aromatic carbocycles. The third-order valence-electron chi connectivity index (χ3n) is 2.88. The van der Waals surface area contributed by atoms with Crippen LogP contribution in [0, 0.1) is 5.92 Å². The molecule has 1 aromatic rings. The van der Waals surface area contributed by atoms with Gasteiger partial charge < -0.3 is 10.1 Å². The van der Waals surface area contributed by atoms with E-state index in [-0.39, 0.29) is 0 Å². The van der Waals surface area contributed by atoms with Crippen LogP contribution >= 0.6 is 11.3 Å². The van der Waals surface area contributed by atoms with E-state index in [0.29, 0.717) is 30.5 Å². The van der Waals surface area contributed by atoms with Crippen LogP contribution in [0.15, 0.2) is 16.3 Å². The molecule has 1 fully saturated rings. The zero-order valence-corrected chi connectivity index (χ0v) is 12.6. The zero-order chi connectivity index (χ0) is 13.7. The van der Waals surface area contributed by atoms with Crippen molar-refractivity contribution in [1.82, 2.24) is 10.0 Å². The van der Waals surface area contributed by atoms with E-state index in [2.05, 4.69) is 10.0 Å². The van der Waals surface area contributed by atoms with E-state index in [0.717, 1.165) is 11.5 Å². The Balaban J connectivity index is 1.75. The highest BCUT2D eigenvalue weighted by Crippen LogP contribution is 2.28. The molecule has 0 bridgehead atoms. The Bertz CT molecular complexity index is 495. The maximum Gasteiger partial charge on any atom is 0.241 e. The third-order valence-corrected chi connectivity index (χ3v) is 5.41. The minimum Gasteiger partial charge on any atom is -0.380 e. The number of ether oxygens (including phenoxy) is 1. The first-order valence-corrected chi connectivity index (χ1v) is 8.77. The Morgan fingerprint density at radius 2 is 2.26 bits per heavy atom. The van der Waals surface area contributed by atoms with Gasteiger partial charge in [0.1, 0.15) is 0 Å². The van der Waals surface area contributed by atoms with Crippen molar-refractivity contribution >= 4 is 21.4 Å². The number of thiophene rings is 1. The lowest BCUT2D eigenvalue weighted by atomic mass is 10.5. The molecule has 5 nitrogen and oxygen atoms in total. The number of hydrogen-bond donors (Lipinski definition) is 2. The van der Waals surface area contributed by atoms with Crippen LogP contribution in [0.5, 0.6) is 0 Å². The standard InChI is InChI=1S/C12H20N2O3S2/c1-13-7-11-6-12(9-18-11)19(15,16)14-4-5-17-8-10-2-3-10/h6,9-10,13-14H,2-5,7-8H2,1H3. The van der Waals surface area contributed by atoms with Crippen LogP contribution in [-0.4, -0.2) is 35.2 Å². The normalized spacial score (nSPS) is 15.8. The Morgan fingerprint density at radius 1 is 1.47 bits per heavy atom. The quantitative estimate of drug-likeness (QED) is 0.672. The van der Waals surface area contributed by atoms with Gasteiger partial charge in [-0.3, -0.25) is 0 Å². The first-order chi connectivity index (χ1) is 9.12. The summed E-state index contributed by atoms with van der Waals surface area (Å²) in [4.78, 5) is 1.35. The zero-order valence-electron chi connectivity index (χ0n) is 11.0. The van der Waals surface area contributed by atoms with Gasteiger partial charge in [-0.1, -0.05) is 0 Å². The summed E-state index contributed by atoms with van der Waals surface area (Å²) in [6, 6.07) is 1.70. The summed E-state index contributed by atoms with van der Waals surface area (Å²) < 4.78 is 31.9. The van der Waals surface area contributed by atoms with Gasteiger partial charge in [0.25, 0.3) is 0 Å². The van der Waals surface area contributed by atoms with Gasteiger partial charge in [-0.15, -0.1) is 11.3 Å². The van der Waals surface area contributed by atoms with Crippen LogP contribution < -0.4 is 10.0 Å². The monoisotopic (exact) mass is 304 g/mol. The molecule has 0 radical (unpaired) electrons. The summed E-state index contributed by atoms with van der Waals surface area (Å²) >= 11 is 1.44. The molecule has 1 heterocycles. The number of nitrogens with one attached hydrogen (secondary N) is 2. The lowest BCUT2D eigenvalue weighted by Crippen LogP contribution is -2.27. The van der Waals surface area contributed by atoms with Crippen LogP contribution in [0.2, 0.25) is 0 Å². The minimum atomic E-state index is -3.39. The fourth-order valence-electron chi connectivity index (χ4n) is 1.63. The number of hydrogen-bond acceptors (Lipinski definition) is 5. The molecule has 1 aliphatic carbocycles. The summed E-state index contributed by atoms with van der Waals surface area (Å²) in [7, 11) is -1.55. The smallest absolute Gasteiger partial charge is 0.241 e. The van der Waals surface area contributed by atoms with Crippen molar-refractivity contribution in [3.05, 3.63) is 16.3 Å². The van der Waals surface area contributed by atoms with E-state index in [1.165, 1.54) is 24.2 Å². The molecule has 7 heteroatoms. The second-order valence-corrected chi connectivity index (χ2v) is 7.46. The molecule has 1 aromatic heterocycles. The van der Waals surface area contributed by atoms with Gasteiger partial charge in [0, 0.05) is 30.0 Å². The van der Waals surface area contributed by atoms with E-state index in [9.17, 15) is 8.42 Å². The van der Waals surface area contributed by atoms with Gasteiger partial charge >= 0.3 is 0 Å². The summed E-state index contributed by atoms with van der Waals surface area (Å²) in [5.41, 5.74) is 0. The summed E-state index contributed by atoms with van der Waals surface area (Å²) in [5.74, 6) is 0.706. The highest BCUT2D eigenvalue weighted by atomic mass is 32.2. The van der Waals surface area contributed by atoms with Crippen molar-refractivity contribution in [1.29, 1.82) is 0 Å². The van der Waals surface area contributed by atoms with Crippen LogP contribution in [0.4, 0.5) is 0 Å². The lowest BCUT2D eigenvalue weighted by molar-refractivity contribution is 0.129. The van der Waals surface area contributed by atoms with E-state index in [4.69, 9.17) is 4.74 Å². The largest absolute Gasteiger partial charge is 0.380 e. The van der Waals surface area contributed by atoms with Crippen molar-refractivity contribution in [2.24, 2.45) is 5.92 Å². The van der Waals surface area contributed by atoms with Crippen LogP contribution in [0.3, 0.4) is 0 Å². The maximum absolute atomic E-state index is 12.0. The molecule has 2 N–H and O–H groups in total. The fourth-order valence-corrected chi connectivity index (χ4v) is 3.93. The first-order valence-electron chi connectivity index (χ1n) is 6.41. The fraction of sp³-hybridized carbons (Fsp3) is 0.667. The average molecular weight is 304 g/mol. The molecule has 0 aliphatic heterocycles. The van der Waals surface area contributed by atoms with Gasteiger partial charge in [-0.05, 0) is 31.9 Å². The van der Waals surface area contributed by atoms with Gasteiger partial charge in [-0.25, -0.2) is 13.1 Å². The van der Waals surface area contributed by atoms with Crippen molar-refractivity contribution in [2.45, 2.75) is 24.3 Å². The van der Waals surface area contributed by atoms with Gasteiger partial charge in [0.15, 0.2) is 0 Å². The predicted octanol–water partition coefficient (Wildman–Crippen LogP) is 1.17. The Morgan fingerprint density at radius 3 is 2.95 bits per heavy atom. The van der Waals surface area contributed by atoms with E-state index in [1.54, 1.807) is 11.4 Å². The SMILES string of the molecule is CNCc1cc(S(=O)(=O)NCCOCC2CC2)cs1. The Kier molecular flexibility index (Phi) is 5.35. The highest BCUT2D eigenvalue weighted by molar-refractivity contribution is 7.89. The van der Waals surface area contributed by atoms with E-state index < -0.39 is 10.0 Å². The van der Waals surface area contributed by atoms with Crippen LogP contribution in [-0.2, 0) is 21.3 Å². The molecule has 0 unspecified atom stereocenters. The molecule has 0 amide bonds. The van der Waals surface area contributed by atoms with Crippen LogP contribution in [0.1, 0.15) is 17.7 Å². The van der Waals surface area contributed by atoms with Crippen molar-refractivity contribution < 1.29 is 13.2 Å². The predicted molar refractivity (Wildman–Crippen MR) is 75.8 cm³/mol. The topological polar surface area (TPSA) is 67.4 Å². The number of rotatable bonds is 9. The number of sulfonamides is 1. The molecule has 108 valence electrons. The molecule has 19 heavy (non-hydrogen) atoms. The minimum absolute atomic E-state index is 0.326. The Hall–Kier alpha value is -0.470. The molecule has 1 aliphatic rings. The summed E-state index contributed by atoms with van der Waals surface area (Å²) in [6.45, 7) is 2.20. The van der Waals surface area contributed by atoms with Crippen molar-refractivity contribution in [3.8, 4) is 0 Å². The molecule has 0 saturated heterocycles. The third kappa shape index (κ3) is 4.85. The first kappa shape index (κ1) is 14.9. The highest BCUT2D eigenvalue weighted by Gasteiger charge is 2.21. The molecular weight excluding hydrogens is 284 g/mol. The average Bonchev–Trinajstić information content (AvgIpc) is 3.06. The molecule has 0 atom stereocenters. The summed E-state index contributed by atoms with van der Waals surface area (Å²) in [6.07, 6.45) is 2.49. The van der Waals surface area contributed by atoms with Crippen molar-refractivity contribution in [3.63, 3.8) is 0 Å². The molecule has 0 spiro atoms. The van der Waals surface area contributed by atoms with Gasteiger partial charge in [-0.2, -0.15) is 0 Å². The maximum atomic E-state index is 12.0. The lowest BCUT2D eigenvalue weighted by Gasteiger charge is -2.05. The van der Waals surface area contributed by atoms with Crippen LogP contribution in [0.25, 0.3) is 0 Å². The van der Waals surface area contributed by atoms with E-state index in [1.807, 2.05) is 7.05 Å². The molecule has 2 rings (SSSR count). The second-order valence-electron chi connectivity index (χ2n) is 4.70. The summed E-state index contributed by atoms with van der Waals surface area (Å²) in [5, 5.41) is 4.67. The Labute approximate surface area is 118 Å². The molecular formula is C12H20N2O3S2. The van der Waals surface area contributed by atoms with E-state index >= 15 is 0 Å². The van der Waals surface area contributed by atoms with Gasteiger partial charge in [0.05, 0.1) is 11.5 Å². The second kappa shape index (κ2) is 6.81. The molecule has 1 saturated carbocycles. The van der Waals surface area contributed by atoms with Gasteiger partial charge in [0.2, 0.25) is 10.0 Å². The van der Waals surface area contributed by atoms with Crippen molar-refractivity contribution in [2.75, 3.05) is 26.8 Å².